The number of imidazole rings is 1. The molecule has 21 heavy (non-hydrogen) atoms. The Morgan fingerprint density at radius 2 is 2.19 bits per heavy atom. The van der Waals surface area contributed by atoms with Crippen LogP contribution in [0.5, 0.6) is 0 Å². The van der Waals surface area contributed by atoms with E-state index in [9.17, 15) is 10.2 Å². The number of nitrogens with two attached hydrogens (primary N) is 2. The van der Waals surface area contributed by atoms with Crippen molar-refractivity contribution in [2.24, 2.45) is 5.84 Å². The molecule has 0 saturated heterocycles. The molecule has 3 rings (SSSR count). The lowest BCUT2D eigenvalue weighted by molar-refractivity contribution is -0.0119. The number of nitrogen functional groups attached to an aromatic ring is 2. The predicted octanol–water partition coefficient (Wildman–Crippen LogP) is -1.65. The molecule has 0 bridgehead atoms. The third kappa shape index (κ3) is 1.91. The lowest BCUT2D eigenvalue weighted by Crippen LogP contribution is -2.22. The first-order valence-electron chi connectivity index (χ1n) is 5.91. The molecule has 0 aliphatic carbocycles. The molecular weight excluding hydrogens is 282 g/mol. The van der Waals surface area contributed by atoms with E-state index in [2.05, 4.69) is 20.4 Å². The van der Waals surface area contributed by atoms with Gasteiger partial charge in [-0.05, 0) is 0 Å². The lowest BCUT2D eigenvalue weighted by atomic mass is 10.2. The lowest BCUT2D eigenvalue weighted by Gasteiger charge is -2.17. The number of rotatable bonds is 3. The summed E-state index contributed by atoms with van der Waals surface area (Å²) in [6.07, 6.45) is -1.07. The highest BCUT2D eigenvalue weighted by Gasteiger charge is 2.37. The number of hydrazine groups is 1. The maximum Gasteiger partial charge on any atom is 0.241 e. The number of anilines is 2. The van der Waals surface area contributed by atoms with Gasteiger partial charge in [-0.15, -0.1) is 0 Å². The Labute approximate surface area is 117 Å². The fraction of sp³-hybridized carbons (Fsp3) is 0.300. The maximum absolute atomic E-state index is 9.98. The molecule has 0 radical (unpaired) electrons. The second-order valence-electron chi connectivity index (χ2n) is 4.32. The van der Waals surface area contributed by atoms with Crippen LogP contribution in [-0.2, 0) is 4.74 Å². The highest BCUT2D eigenvalue weighted by Crippen LogP contribution is 2.33. The molecule has 11 nitrogen and oxygen atoms in total. The summed E-state index contributed by atoms with van der Waals surface area (Å²) in [5.74, 6) is 4.85. The molecule has 1 aliphatic rings. The quantitative estimate of drug-likeness (QED) is 0.284. The summed E-state index contributed by atoms with van der Waals surface area (Å²) >= 11 is 0. The Morgan fingerprint density at radius 3 is 2.81 bits per heavy atom. The van der Waals surface area contributed by atoms with Crippen LogP contribution >= 0.6 is 0 Å². The van der Waals surface area contributed by atoms with E-state index < -0.39 is 24.7 Å². The second kappa shape index (κ2) is 4.73. The largest absolute Gasteiger partial charge is 0.506 e. The van der Waals surface area contributed by atoms with Gasteiger partial charge < -0.3 is 25.8 Å². The number of ether oxygens (including phenoxy) is 1. The SMILES string of the molecule is NNc1nc(N)c2ncn([C@@H]3OC(CO)=C(O)C3O)c2n1. The van der Waals surface area contributed by atoms with Crippen LogP contribution in [0.1, 0.15) is 6.23 Å². The fourth-order valence-electron chi connectivity index (χ4n) is 2.09. The van der Waals surface area contributed by atoms with Gasteiger partial charge in [-0.1, -0.05) is 0 Å². The van der Waals surface area contributed by atoms with Gasteiger partial charge in [-0.3, -0.25) is 9.99 Å². The van der Waals surface area contributed by atoms with Crippen LogP contribution in [0, 0.1) is 0 Å². The summed E-state index contributed by atoms with van der Waals surface area (Å²) in [4.78, 5) is 12.0. The van der Waals surface area contributed by atoms with E-state index in [4.69, 9.17) is 21.4 Å². The van der Waals surface area contributed by atoms with E-state index in [-0.39, 0.29) is 23.2 Å². The van der Waals surface area contributed by atoms with Crippen LogP contribution in [-0.4, -0.2) is 47.5 Å². The number of aromatic nitrogens is 4. The first-order valence-corrected chi connectivity index (χ1v) is 5.91. The van der Waals surface area contributed by atoms with E-state index in [1.807, 2.05) is 0 Å². The summed E-state index contributed by atoms with van der Waals surface area (Å²) in [5, 5.41) is 28.7. The molecule has 0 saturated carbocycles. The Hall–Kier alpha value is -2.63. The van der Waals surface area contributed by atoms with Crippen molar-refractivity contribution in [3.05, 3.63) is 17.8 Å². The minimum Gasteiger partial charge on any atom is -0.506 e. The average molecular weight is 295 g/mol. The number of nitrogens with one attached hydrogen (secondary N) is 1. The number of hydrogen-bond donors (Lipinski definition) is 6. The van der Waals surface area contributed by atoms with Crippen LogP contribution in [0.15, 0.2) is 17.8 Å². The van der Waals surface area contributed by atoms with E-state index in [1.54, 1.807) is 0 Å². The first kappa shape index (κ1) is 13.4. The molecule has 0 fully saturated rings. The molecule has 112 valence electrons. The Kier molecular flexibility index (Phi) is 3.01. The Bertz CT molecular complexity index is 728. The molecule has 11 heteroatoms. The molecule has 2 aromatic heterocycles. The molecule has 0 aromatic carbocycles. The predicted molar refractivity (Wildman–Crippen MR) is 70.4 cm³/mol. The van der Waals surface area contributed by atoms with Crippen LogP contribution in [0.2, 0.25) is 0 Å². The van der Waals surface area contributed by atoms with Crippen LogP contribution in [0.25, 0.3) is 11.2 Å². The van der Waals surface area contributed by atoms with Crippen LogP contribution in [0.4, 0.5) is 11.8 Å². The highest BCUT2D eigenvalue weighted by atomic mass is 16.5. The maximum atomic E-state index is 9.98. The fourth-order valence-corrected chi connectivity index (χ4v) is 2.09. The van der Waals surface area contributed by atoms with E-state index >= 15 is 0 Å². The van der Waals surface area contributed by atoms with Gasteiger partial charge in [0.2, 0.25) is 12.2 Å². The van der Waals surface area contributed by atoms with Crippen LogP contribution < -0.4 is 17.0 Å². The van der Waals surface area contributed by atoms with E-state index in [0.717, 1.165) is 0 Å². The third-order valence-electron chi connectivity index (χ3n) is 3.09. The zero-order valence-electron chi connectivity index (χ0n) is 10.6. The van der Waals surface area contributed by atoms with Gasteiger partial charge >= 0.3 is 0 Å². The van der Waals surface area contributed by atoms with Crippen molar-refractivity contribution in [2.75, 3.05) is 17.8 Å². The number of fused-ring (bicyclic) bond motifs is 1. The van der Waals surface area contributed by atoms with Crippen molar-refractivity contribution in [2.45, 2.75) is 12.3 Å². The molecular formula is C10H13N7O4. The third-order valence-corrected chi connectivity index (χ3v) is 3.09. The minimum atomic E-state index is -1.37. The number of aliphatic hydroxyl groups excluding tert-OH is 3. The first-order chi connectivity index (χ1) is 10.1. The van der Waals surface area contributed by atoms with Gasteiger partial charge in [-0.25, -0.2) is 10.8 Å². The monoisotopic (exact) mass is 295 g/mol. The van der Waals surface area contributed by atoms with Gasteiger partial charge in [0.05, 0.1) is 0 Å². The average Bonchev–Trinajstić information content (AvgIpc) is 3.02. The zero-order valence-corrected chi connectivity index (χ0v) is 10.6. The van der Waals surface area contributed by atoms with Gasteiger partial charge in [0.15, 0.2) is 29.1 Å². The highest BCUT2D eigenvalue weighted by molar-refractivity contribution is 5.82. The number of nitrogens with zero attached hydrogens (tertiary/aromatic N) is 4. The van der Waals surface area contributed by atoms with Crippen molar-refractivity contribution in [1.29, 1.82) is 0 Å². The van der Waals surface area contributed by atoms with Gasteiger partial charge in [-0.2, -0.15) is 9.97 Å². The normalized spacial score (nSPS) is 21.9. The molecule has 1 aliphatic heterocycles. The molecule has 8 N–H and O–H groups in total. The summed E-state index contributed by atoms with van der Waals surface area (Å²) in [6.45, 7) is -0.543. The number of hydrogen-bond acceptors (Lipinski definition) is 10. The molecule has 1 unspecified atom stereocenters. The van der Waals surface area contributed by atoms with E-state index in [1.165, 1.54) is 10.9 Å². The zero-order chi connectivity index (χ0) is 15.1. The molecule has 2 aromatic rings. The van der Waals surface area contributed by atoms with Gasteiger partial charge in [0.1, 0.15) is 18.5 Å². The molecule has 3 heterocycles. The topological polar surface area (TPSA) is 178 Å². The van der Waals surface area contributed by atoms with Crippen molar-refractivity contribution >= 4 is 22.9 Å². The van der Waals surface area contributed by atoms with Crippen molar-refractivity contribution < 1.29 is 20.1 Å². The molecule has 0 spiro atoms. The standard InChI is InChI=1S/C10H13N7O4/c11-7-4-8(15-10(14-7)16-12)17(2-13-4)9-6(20)5(19)3(1-18)21-9/h2,6,9,18-20H,1,12H2,(H3,11,14,15,16)/t6?,9-/m1/s1. The van der Waals surface area contributed by atoms with Crippen molar-refractivity contribution in [1.82, 2.24) is 19.5 Å². The molecule has 0 amide bonds. The van der Waals surface area contributed by atoms with Crippen LogP contribution in [0.3, 0.4) is 0 Å². The number of aliphatic hydroxyl groups is 3. The molecule has 2 atom stereocenters. The summed E-state index contributed by atoms with van der Waals surface area (Å²) < 4.78 is 6.66. The Morgan fingerprint density at radius 1 is 1.43 bits per heavy atom. The van der Waals surface area contributed by atoms with Crippen molar-refractivity contribution in [3.63, 3.8) is 0 Å². The summed E-state index contributed by atoms with van der Waals surface area (Å²) in [7, 11) is 0. The van der Waals surface area contributed by atoms with Crippen molar-refractivity contribution in [3.8, 4) is 0 Å². The van der Waals surface area contributed by atoms with Gasteiger partial charge in [0, 0.05) is 0 Å². The minimum absolute atomic E-state index is 0.0637. The Balaban J connectivity index is 2.08. The second-order valence-corrected chi connectivity index (χ2v) is 4.32. The smallest absolute Gasteiger partial charge is 0.241 e. The van der Waals surface area contributed by atoms with E-state index in [0.29, 0.717) is 5.52 Å². The van der Waals surface area contributed by atoms with Gasteiger partial charge in [0.25, 0.3) is 0 Å². The summed E-state index contributed by atoms with van der Waals surface area (Å²) in [6, 6.07) is 0. The summed E-state index contributed by atoms with van der Waals surface area (Å²) in [5.41, 5.74) is 8.54.